The van der Waals surface area contributed by atoms with E-state index in [1.807, 2.05) is 36.4 Å². The van der Waals surface area contributed by atoms with Gasteiger partial charge in [-0.1, -0.05) is 35.5 Å². The largest absolute Gasteiger partial charge is 0.466 e. The molecule has 8 heteroatoms. The summed E-state index contributed by atoms with van der Waals surface area (Å²) < 4.78 is 10.2. The Labute approximate surface area is 168 Å². The van der Waals surface area contributed by atoms with Crippen LogP contribution in [0.4, 0.5) is 0 Å². The van der Waals surface area contributed by atoms with E-state index in [1.165, 1.54) is 0 Å². The van der Waals surface area contributed by atoms with E-state index in [1.54, 1.807) is 25.4 Å². The van der Waals surface area contributed by atoms with Crippen LogP contribution < -0.4 is 5.32 Å². The van der Waals surface area contributed by atoms with Crippen molar-refractivity contribution in [3.05, 3.63) is 66.3 Å². The minimum Gasteiger partial charge on any atom is -0.466 e. The van der Waals surface area contributed by atoms with Crippen LogP contribution in [0.15, 0.2) is 59.4 Å². The van der Waals surface area contributed by atoms with Gasteiger partial charge in [-0.3, -0.25) is 14.6 Å². The highest BCUT2D eigenvalue weighted by Crippen LogP contribution is 2.18. The molecular weight excluding hydrogens is 372 g/mol. The summed E-state index contributed by atoms with van der Waals surface area (Å²) in [4.78, 5) is 32.7. The van der Waals surface area contributed by atoms with Gasteiger partial charge in [0.1, 0.15) is 0 Å². The van der Waals surface area contributed by atoms with Crippen molar-refractivity contribution in [3.8, 4) is 11.4 Å². The molecule has 3 aromatic rings. The van der Waals surface area contributed by atoms with Crippen molar-refractivity contribution in [1.82, 2.24) is 20.4 Å². The normalized spacial score (nSPS) is 11.6. The van der Waals surface area contributed by atoms with Gasteiger partial charge in [-0.15, -0.1) is 0 Å². The third-order valence-corrected chi connectivity index (χ3v) is 4.17. The van der Waals surface area contributed by atoms with Crippen LogP contribution in [0.2, 0.25) is 0 Å². The van der Waals surface area contributed by atoms with E-state index in [0.29, 0.717) is 24.7 Å². The maximum absolute atomic E-state index is 12.5. The Morgan fingerprint density at radius 3 is 2.72 bits per heavy atom. The molecular formula is C21H22N4O4. The zero-order valence-electron chi connectivity index (χ0n) is 16.1. The quantitative estimate of drug-likeness (QED) is 0.556. The Kier molecular flexibility index (Phi) is 7.05. The van der Waals surface area contributed by atoms with Crippen LogP contribution in [0.1, 0.15) is 37.3 Å². The van der Waals surface area contributed by atoms with E-state index < -0.39 is 6.04 Å². The second kappa shape index (κ2) is 10.1. The number of benzene rings is 1. The lowest BCUT2D eigenvalue weighted by atomic mass is 10.0. The molecule has 1 atom stereocenters. The van der Waals surface area contributed by atoms with Crippen LogP contribution in [0.5, 0.6) is 0 Å². The Morgan fingerprint density at radius 1 is 1.17 bits per heavy atom. The van der Waals surface area contributed by atoms with Gasteiger partial charge < -0.3 is 14.6 Å². The average Bonchev–Trinajstić information content (AvgIpc) is 3.22. The van der Waals surface area contributed by atoms with Gasteiger partial charge >= 0.3 is 5.97 Å². The standard InChI is InChI=1S/C21H22N4O4/c1-2-28-20(27)13-17(15-7-4-3-5-8-15)23-18(26)10-11-19-24-21(25-29-19)16-9-6-12-22-14-16/h3-9,12,14,17H,2,10-11,13H2,1H3,(H,23,26). The molecule has 1 unspecified atom stereocenters. The van der Waals surface area contributed by atoms with Crippen LogP contribution in [-0.4, -0.2) is 33.6 Å². The second-order valence-electron chi connectivity index (χ2n) is 6.29. The van der Waals surface area contributed by atoms with Crippen molar-refractivity contribution in [2.75, 3.05) is 6.61 Å². The molecule has 0 aliphatic rings. The summed E-state index contributed by atoms with van der Waals surface area (Å²) >= 11 is 0. The number of hydrogen-bond acceptors (Lipinski definition) is 7. The van der Waals surface area contributed by atoms with Crippen LogP contribution in [0.3, 0.4) is 0 Å². The fourth-order valence-electron chi connectivity index (χ4n) is 2.78. The second-order valence-corrected chi connectivity index (χ2v) is 6.29. The molecule has 1 N–H and O–H groups in total. The summed E-state index contributed by atoms with van der Waals surface area (Å²) in [5.74, 6) is 0.211. The van der Waals surface area contributed by atoms with Crippen molar-refractivity contribution < 1.29 is 18.8 Å². The van der Waals surface area contributed by atoms with Gasteiger partial charge in [0.25, 0.3) is 0 Å². The molecule has 0 bridgehead atoms. The van der Waals surface area contributed by atoms with Gasteiger partial charge in [0, 0.05) is 30.8 Å². The number of aromatic nitrogens is 3. The van der Waals surface area contributed by atoms with Crippen LogP contribution >= 0.6 is 0 Å². The van der Waals surface area contributed by atoms with E-state index in [2.05, 4.69) is 20.4 Å². The van der Waals surface area contributed by atoms with Crippen LogP contribution in [0, 0.1) is 0 Å². The number of aryl methyl sites for hydroxylation is 1. The molecule has 2 heterocycles. The minimum atomic E-state index is -0.462. The third-order valence-electron chi connectivity index (χ3n) is 4.17. The van der Waals surface area contributed by atoms with Gasteiger partial charge in [-0.05, 0) is 24.6 Å². The smallest absolute Gasteiger partial charge is 0.308 e. The maximum atomic E-state index is 12.5. The van der Waals surface area contributed by atoms with Gasteiger partial charge in [0.15, 0.2) is 0 Å². The summed E-state index contributed by atoms with van der Waals surface area (Å²) in [5, 5.41) is 6.81. The molecule has 0 saturated heterocycles. The average molecular weight is 394 g/mol. The number of pyridine rings is 1. The highest BCUT2D eigenvalue weighted by molar-refractivity contribution is 5.78. The van der Waals surface area contributed by atoms with Crippen LogP contribution in [-0.2, 0) is 20.7 Å². The first-order chi connectivity index (χ1) is 14.2. The van der Waals surface area contributed by atoms with Crippen molar-refractivity contribution in [2.24, 2.45) is 0 Å². The first kappa shape index (κ1) is 20.2. The Bertz CT molecular complexity index is 928. The number of carbonyl (C=O) groups excluding carboxylic acids is 2. The molecule has 0 radical (unpaired) electrons. The number of rotatable bonds is 9. The van der Waals surface area contributed by atoms with E-state index in [4.69, 9.17) is 9.26 Å². The van der Waals surface area contributed by atoms with E-state index >= 15 is 0 Å². The van der Waals surface area contributed by atoms with Crippen molar-refractivity contribution in [3.63, 3.8) is 0 Å². The van der Waals surface area contributed by atoms with Gasteiger partial charge in [-0.2, -0.15) is 4.98 Å². The molecule has 3 rings (SSSR count). The topological polar surface area (TPSA) is 107 Å². The number of esters is 1. The van der Waals surface area contributed by atoms with Gasteiger partial charge in [0.05, 0.1) is 19.1 Å². The number of amides is 1. The molecule has 0 spiro atoms. The molecule has 29 heavy (non-hydrogen) atoms. The summed E-state index contributed by atoms with van der Waals surface area (Å²) in [6, 6.07) is 12.5. The summed E-state index contributed by atoms with van der Waals surface area (Å²) in [6.45, 7) is 2.04. The Morgan fingerprint density at radius 2 is 2.00 bits per heavy atom. The zero-order valence-corrected chi connectivity index (χ0v) is 16.1. The fourth-order valence-corrected chi connectivity index (χ4v) is 2.78. The monoisotopic (exact) mass is 394 g/mol. The van der Waals surface area contributed by atoms with E-state index in [0.717, 1.165) is 11.1 Å². The van der Waals surface area contributed by atoms with Crippen molar-refractivity contribution >= 4 is 11.9 Å². The van der Waals surface area contributed by atoms with Crippen molar-refractivity contribution in [2.45, 2.75) is 32.2 Å². The fraction of sp³-hybridized carbons (Fsp3) is 0.286. The first-order valence-electron chi connectivity index (χ1n) is 9.38. The SMILES string of the molecule is CCOC(=O)CC(NC(=O)CCc1nc(-c2cccnc2)no1)c1ccccc1. The summed E-state index contributed by atoms with van der Waals surface area (Å²) in [6.07, 6.45) is 3.81. The maximum Gasteiger partial charge on any atom is 0.308 e. The number of nitrogens with zero attached hydrogens (tertiary/aromatic N) is 3. The lowest BCUT2D eigenvalue weighted by Gasteiger charge is -2.18. The van der Waals surface area contributed by atoms with Gasteiger partial charge in [-0.25, -0.2) is 0 Å². The minimum absolute atomic E-state index is 0.0648. The lowest BCUT2D eigenvalue weighted by Crippen LogP contribution is -2.30. The molecule has 1 amide bonds. The third kappa shape index (κ3) is 5.97. The highest BCUT2D eigenvalue weighted by atomic mass is 16.5. The predicted molar refractivity (Wildman–Crippen MR) is 104 cm³/mol. The molecule has 0 fully saturated rings. The number of hydrogen-bond donors (Lipinski definition) is 1. The molecule has 8 nitrogen and oxygen atoms in total. The van der Waals surface area contributed by atoms with E-state index in [9.17, 15) is 9.59 Å². The first-order valence-corrected chi connectivity index (χ1v) is 9.38. The number of carbonyl (C=O) groups is 2. The Hall–Kier alpha value is -3.55. The molecule has 150 valence electrons. The summed E-state index contributed by atoms with van der Waals surface area (Å²) in [7, 11) is 0. The zero-order chi connectivity index (χ0) is 20.5. The molecule has 0 saturated carbocycles. The molecule has 2 aromatic heterocycles. The summed E-state index contributed by atoms with van der Waals surface area (Å²) in [5.41, 5.74) is 1.58. The molecule has 1 aromatic carbocycles. The van der Waals surface area contributed by atoms with Crippen molar-refractivity contribution in [1.29, 1.82) is 0 Å². The highest BCUT2D eigenvalue weighted by Gasteiger charge is 2.19. The number of ether oxygens (including phenoxy) is 1. The molecule has 0 aliphatic carbocycles. The Balaban J connectivity index is 1.58. The van der Waals surface area contributed by atoms with E-state index in [-0.39, 0.29) is 24.7 Å². The lowest BCUT2D eigenvalue weighted by molar-refractivity contribution is -0.143. The molecule has 0 aliphatic heterocycles. The van der Waals surface area contributed by atoms with Gasteiger partial charge in [0.2, 0.25) is 17.6 Å². The van der Waals surface area contributed by atoms with Crippen LogP contribution in [0.25, 0.3) is 11.4 Å². The predicted octanol–water partition coefficient (Wildman–Crippen LogP) is 2.87. The number of nitrogens with one attached hydrogen (secondary N) is 1.